The minimum atomic E-state index is -0.771. The second kappa shape index (κ2) is 4.98. The van der Waals surface area contributed by atoms with E-state index in [1.54, 1.807) is 35.9 Å². The van der Waals surface area contributed by atoms with Gasteiger partial charge in [0.05, 0.1) is 6.54 Å². The summed E-state index contributed by atoms with van der Waals surface area (Å²) in [5, 5.41) is 0. The maximum absolute atomic E-state index is 13.9. The Balaban J connectivity index is 1.73. The molecule has 8 heteroatoms. The van der Waals surface area contributed by atoms with E-state index in [4.69, 9.17) is 4.42 Å². The summed E-state index contributed by atoms with van der Waals surface area (Å²) in [5.74, 6) is 0.0122. The molecule has 1 unspecified atom stereocenters. The number of aliphatic imine (C=N–C) groups is 1. The third kappa shape index (κ3) is 1.96. The monoisotopic (exact) mass is 329 g/mol. The normalized spacial score (nSPS) is 19.5. The molecule has 0 radical (unpaired) electrons. The number of benzene rings is 1. The number of aromatic nitrogens is 1. The smallest absolute Gasteiger partial charge is 0.390 e. The van der Waals surface area contributed by atoms with E-state index in [9.17, 15) is 14.0 Å². The topological polar surface area (TPSA) is 70.0 Å². The number of aryl methyl sites for hydroxylation is 1. The lowest BCUT2D eigenvalue weighted by molar-refractivity contribution is -0.679. The van der Waals surface area contributed by atoms with Gasteiger partial charge in [-0.2, -0.15) is 4.57 Å². The fraction of sp³-hybridized carbons (Fsp3) is 0.250. The van der Waals surface area contributed by atoms with Crippen LogP contribution in [-0.4, -0.2) is 34.6 Å². The van der Waals surface area contributed by atoms with E-state index in [0.29, 0.717) is 11.6 Å². The summed E-state index contributed by atoms with van der Waals surface area (Å²) in [7, 11) is 1.54. The van der Waals surface area contributed by atoms with Crippen molar-refractivity contribution < 1.29 is 23.0 Å². The molecule has 0 aliphatic carbocycles. The lowest BCUT2D eigenvalue weighted by Crippen LogP contribution is -2.62. The molecule has 1 atom stereocenters. The number of carbonyl (C=O) groups is 2. The van der Waals surface area contributed by atoms with Crippen molar-refractivity contribution in [1.29, 1.82) is 0 Å². The standard InChI is InChI=1S/C16H14FN4O3/c1-9-7-20-12-13(18-15(20)24-9)19(2)16(23)21(14(12)22)8-10-5-3-4-6-11(10)17/h3-7,12H,8H2,1-2H3/q+1. The average Bonchev–Trinajstić information content (AvgIpc) is 3.07. The zero-order chi connectivity index (χ0) is 17.0. The van der Waals surface area contributed by atoms with Crippen LogP contribution >= 0.6 is 0 Å². The van der Waals surface area contributed by atoms with Crippen molar-refractivity contribution in [3.05, 3.63) is 47.6 Å². The SMILES string of the molecule is Cc1c[n+]2c(o1)N=C1C2C(=O)N(Cc2ccccc2F)C(=O)N1C. The summed E-state index contributed by atoms with van der Waals surface area (Å²) >= 11 is 0. The van der Waals surface area contributed by atoms with Crippen molar-refractivity contribution in [3.8, 4) is 0 Å². The summed E-state index contributed by atoms with van der Waals surface area (Å²) < 4.78 is 20.9. The van der Waals surface area contributed by atoms with Gasteiger partial charge < -0.3 is 4.42 Å². The number of likely N-dealkylation sites (N-methyl/N-ethyl adjacent to an activating group) is 1. The Hall–Kier alpha value is -3.03. The Morgan fingerprint density at radius 2 is 2.08 bits per heavy atom. The molecule has 2 aromatic rings. The number of halogens is 1. The van der Waals surface area contributed by atoms with E-state index in [0.717, 1.165) is 4.90 Å². The zero-order valence-corrected chi connectivity index (χ0v) is 13.1. The van der Waals surface area contributed by atoms with Crippen LogP contribution in [0.5, 0.6) is 0 Å². The van der Waals surface area contributed by atoms with Crippen molar-refractivity contribution in [2.75, 3.05) is 7.05 Å². The largest absolute Gasteiger partial charge is 0.506 e. The number of hydrogen-bond donors (Lipinski definition) is 0. The first-order valence-electron chi connectivity index (χ1n) is 7.40. The van der Waals surface area contributed by atoms with Crippen molar-refractivity contribution in [1.82, 2.24) is 9.80 Å². The van der Waals surface area contributed by atoms with Crippen LogP contribution in [-0.2, 0) is 11.3 Å². The molecule has 2 aliphatic rings. The molecule has 4 rings (SSSR count). The van der Waals surface area contributed by atoms with Gasteiger partial charge in [-0.15, -0.1) is 0 Å². The predicted octanol–water partition coefficient (Wildman–Crippen LogP) is 1.69. The van der Waals surface area contributed by atoms with Crippen LogP contribution in [0.3, 0.4) is 0 Å². The Bertz CT molecular complexity index is 904. The van der Waals surface area contributed by atoms with Gasteiger partial charge in [0.25, 0.3) is 17.8 Å². The molecule has 24 heavy (non-hydrogen) atoms. The second-order valence-corrected chi connectivity index (χ2v) is 5.76. The molecule has 0 spiro atoms. The average molecular weight is 329 g/mol. The van der Waals surface area contributed by atoms with E-state index in [1.807, 2.05) is 0 Å². The lowest BCUT2D eigenvalue weighted by Gasteiger charge is -2.32. The van der Waals surface area contributed by atoms with Gasteiger partial charge in [0, 0.05) is 17.6 Å². The minimum absolute atomic E-state index is 0.134. The predicted molar refractivity (Wildman–Crippen MR) is 79.9 cm³/mol. The van der Waals surface area contributed by atoms with Crippen LogP contribution in [0, 0.1) is 12.7 Å². The van der Waals surface area contributed by atoms with Crippen LogP contribution in [0.1, 0.15) is 17.4 Å². The molecule has 2 aliphatic heterocycles. The first-order valence-corrected chi connectivity index (χ1v) is 7.40. The van der Waals surface area contributed by atoms with Gasteiger partial charge >= 0.3 is 12.0 Å². The van der Waals surface area contributed by atoms with Gasteiger partial charge in [-0.05, 0) is 13.0 Å². The molecular weight excluding hydrogens is 315 g/mol. The number of carbonyl (C=O) groups excluding carboxylic acids is 2. The number of oxazole rings is 1. The van der Waals surface area contributed by atoms with Crippen molar-refractivity contribution in [3.63, 3.8) is 0 Å². The lowest BCUT2D eigenvalue weighted by atomic mass is 10.1. The Morgan fingerprint density at radius 3 is 2.83 bits per heavy atom. The summed E-state index contributed by atoms with van der Waals surface area (Å²) in [6.45, 7) is 1.62. The molecule has 3 amide bonds. The van der Waals surface area contributed by atoms with Gasteiger partial charge in [-0.3, -0.25) is 14.6 Å². The van der Waals surface area contributed by atoms with Crippen molar-refractivity contribution >= 4 is 23.8 Å². The van der Waals surface area contributed by atoms with Gasteiger partial charge in [-0.25, -0.2) is 9.18 Å². The second-order valence-electron chi connectivity index (χ2n) is 5.76. The fourth-order valence-corrected chi connectivity index (χ4v) is 2.97. The van der Waals surface area contributed by atoms with Crippen molar-refractivity contribution in [2.45, 2.75) is 19.5 Å². The maximum atomic E-state index is 13.9. The van der Waals surface area contributed by atoms with E-state index in [1.165, 1.54) is 18.0 Å². The minimum Gasteiger partial charge on any atom is -0.390 e. The Labute approximate surface area is 136 Å². The highest BCUT2D eigenvalue weighted by molar-refractivity contribution is 6.18. The summed E-state index contributed by atoms with van der Waals surface area (Å²) in [6.07, 6.45) is 1.67. The Kier molecular flexibility index (Phi) is 3.02. The molecule has 3 heterocycles. The zero-order valence-electron chi connectivity index (χ0n) is 13.1. The van der Waals surface area contributed by atoms with Crippen molar-refractivity contribution in [2.24, 2.45) is 4.99 Å². The molecule has 0 N–H and O–H groups in total. The highest BCUT2D eigenvalue weighted by Gasteiger charge is 2.55. The molecule has 122 valence electrons. The van der Waals surface area contributed by atoms with E-state index in [2.05, 4.69) is 4.99 Å². The quantitative estimate of drug-likeness (QED) is 0.787. The summed E-state index contributed by atoms with van der Waals surface area (Å²) in [4.78, 5) is 31.9. The number of urea groups is 1. The van der Waals surface area contributed by atoms with Gasteiger partial charge in [0.15, 0.2) is 0 Å². The molecule has 1 aromatic carbocycles. The summed E-state index contributed by atoms with van der Waals surface area (Å²) in [6, 6.07) is 5.03. The van der Waals surface area contributed by atoms with Gasteiger partial charge in [0.1, 0.15) is 17.8 Å². The Morgan fingerprint density at radius 1 is 1.33 bits per heavy atom. The van der Waals surface area contributed by atoms with Crippen LogP contribution in [0.15, 0.2) is 39.9 Å². The fourth-order valence-electron chi connectivity index (χ4n) is 2.97. The molecule has 1 saturated heterocycles. The van der Waals surface area contributed by atoms with Crippen LogP contribution in [0.25, 0.3) is 0 Å². The third-order valence-electron chi connectivity index (χ3n) is 4.17. The third-order valence-corrected chi connectivity index (χ3v) is 4.17. The van der Waals surface area contributed by atoms with E-state index >= 15 is 0 Å². The number of amides is 3. The van der Waals surface area contributed by atoms with Gasteiger partial charge in [0.2, 0.25) is 0 Å². The molecule has 0 bridgehead atoms. The highest BCUT2D eigenvalue weighted by atomic mass is 19.1. The van der Waals surface area contributed by atoms with Crippen LogP contribution < -0.4 is 4.57 Å². The molecule has 1 fully saturated rings. The first-order chi connectivity index (χ1) is 11.5. The van der Waals surface area contributed by atoms with Gasteiger partial charge in [-0.1, -0.05) is 18.2 Å². The highest BCUT2D eigenvalue weighted by Crippen LogP contribution is 2.29. The molecule has 0 saturated carbocycles. The van der Waals surface area contributed by atoms with Crippen LogP contribution in [0.4, 0.5) is 15.2 Å². The maximum Gasteiger partial charge on any atom is 0.506 e. The number of amidine groups is 1. The van der Waals surface area contributed by atoms with Crippen LogP contribution in [0.2, 0.25) is 0 Å². The molecule has 1 aromatic heterocycles. The first kappa shape index (κ1) is 14.6. The molecular formula is C16H14FN4O3+. The van der Waals surface area contributed by atoms with E-state index in [-0.39, 0.29) is 18.1 Å². The van der Waals surface area contributed by atoms with E-state index < -0.39 is 23.8 Å². The number of nitrogens with zero attached hydrogens (tertiary/aromatic N) is 4. The number of fused-ring (bicyclic) bond motifs is 3. The number of rotatable bonds is 2. The number of hydrogen-bond acceptors (Lipinski definition) is 4. The number of imide groups is 1. The summed E-state index contributed by atoms with van der Waals surface area (Å²) in [5.41, 5.74) is 0.277. The molecule has 7 nitrogen and oxygen atoms in total.